The summed E-state index contributed by atoms with van der Waals surface area (Å²) in [6, 6.07) is 1.27. The molecule has 4 nitrogen and oxygen atoms in total. The molecule has 0 radical (unpaired) electrons. The second kappa shape index (κ2) is 5.63. The number of rotatable bonds is 3. The van der Waals surface area contributed by atoms with E-state index in [0.29, 0.717) is 11.4 Å². The average molecular weight is 254 g/mol. The molecule has 0 saturated heterocycles. The van der Waals surface area contributed by atoms with Crippen molar-refractivity contribution in [1.82, 2.24) is 4.98 Å². The molecule has 100 valence electrons. The number of hydrogen-bond donors (Lipinski definition) is 2. The van der Waals surface area contributed by atoms with Gasteiger partial charge in [0.15, 0.2) is 0 Å². The molecular weight excluding hydrogens is 235 g/mol. The number of hydrogen-bond acceptors (Lipinski definition) is 4. The van der Waals surface area contributed by atoms with Crippen molar-refractivity contribution in [3.8, 4) is 0 Å². The van der Waals surface area contributed by atoms with E-state index in [9.17, 15) is 14.6 Å². The average Bonchev–Trinajstić information content (AvgIpc) is 2.38. The van der Waals surface area contributed by atoms with Crippen LogP contribution >= 0.6 is 0 Å². The maximum atomic E-state index is 13.1. The fourth-order valence-corrected chi connectivity index (χ4v) is 2.61. The minimum Gasteiger partial charge on any atom is -0.392 e. The Morgan fingerprint density at radius 1 is 1.44 bits per heavy atom. The first-order chi connectivity index (χ1) is 8.63. The Balaban J connectivity index is 2.24. The van der Waals surface area contributed by atoms with Crippen LogP contribution in [0, 0.1) is 5.82 Å². The molecule has 0 aliphatic heterocycles. The van der Waals surface area contributed by atoms with Gasteiger partial charge in [0, 0.05) is 12.6 Å². The number of halogens is 1. The van der Waals surface area contributed by atoms with Gasteiger partial charge in [-0.1, -0.05) is 12.8 Å². The van der Waals surface area contributed by atoms with Crippen molar-refractivity contribution in [1.29, 1.82) is 0 Å². The van der Waals surface area contributed by atoms with E-state index in [1.165, 1.54) is 6.07 Å². The Morgan fingerprint density at radius 2 is 2.17 bits per heavy atom. The largest absolute Gasteiger partial charge is 0.392 e. The maximum absolute atomic E-state index is 13.1. The van der Waals surface area contributed by atoms with Gasteiger partial charge in [-0.3, -0.25) is 0 Å². The lowest BCUT2D eigenvalue weighted by Crippen LogP contribution is -2.44. The molecule has 2 rings (SSSR count). The number of aromatic nitrogens is 1. The van der Waals surface area contributed by atoms with Gasteiger partial charge in [-0.05, 0) is 18.9 Å². The van der Waals surface area contributed by atoms with Gasteiger partial charge in [-0.2, -0.15) is 0 Å². The van der Waals surface area contributed by atoms with Crippen molar-refractivity contribution in [2.75, 3.05) is 11.9 Å². The van der Waals surface area contributed by atoms with Crippen LogP contribution in [-0.2, 0) is 6.61 Å². The highest BCUT2D eigenvalue weighted by atomic mass is 19.1. The Kier molecular flexibility index (Phi) is 4.14. The van der Waals surface area contributed by atoms with Crippen LogP contribution < -0.4 is 4.90 Å². The zero-order chi connectivity index (χ0) is 13.1. The SMILES string of the molecule is CN(c1ncc(F)cc1CO)C1CCCCC1O. The summed E-state index contributed by atoms with van der Waals surface area (Å²) in [5.74, 6) is 0.0882. The standard InChI is InChI=1S/C13H19FN2O2/c1-16(11-4-2-3-5-12(11)18)13-9(8-17)6-10(14)7-15-13/h6-7,11-12,17-18H,2-5,8H2,1H3. The highest BCUT2D eigenvalue weighted by Gasteiger charge is 2.28. The highest BCUT2D eigenvalue weighted by molar-refractivity contribution is 5.47. The Labute approximate surface area is 106 Å². The second-order valence-electron chi connectivity index (χ2n) is 4.82. The van der Waals surface area contributed by atoms with Gasteiger partial charge < -0.3 is 15.1 Å². The topological polar surface area (TPSA) is 56.6 Å². The second-order valence-corrected chi connectivity index (χ2v) is 4.82. The Morgan fingerprint density at radius 3 is 2.83 bits per heavy atom. The van der Waals surface area contributed by atoms with Gasteiger partial charge in [-0.15, -0.1) is 0 Å². The molecule has 0 bridgehead atoms. The molecule has 0 amide bonds. The summed E-state index contributed by atoms with van der Waals surface area (Å²) >= 11 is 0. The lowest BCUT2D eigenvalue weighted by molar-refractivity contribution is 0.105. The van der Waals surface area contributed by atoms with Crippen LogP contribution in [0.5, 0.6) is 0 Å². The number of pyridine rings is 1. The highest BCUT2D eigenvalue weighted by Crippen LogP contribution is 2.27. The lowest BCUT2D eigenvalue weighted by Gasteiger charge is -2.36. The summed E-state index contributed by atoms with van der Waals surface area (Å²) in [6.45, 7) is -0.257. The number of aliphatic hydroxyl groups excluding tert-OH is 2. The molecular formula is C13H19FN2O2. The molecule has 1 aromatic rings. The van der Waals surface area contributed by atoms with Crippen LogP contribution in [0.25, 0.3) is 0 Å². The summed E-state index contributed by atoms with van der Waals surface area (Å²) in [6.07, 6.45) is 4.53. The number of nitrogens with zero attached hydrogens (tertiary/aromatic N) is 2. The van der Waals surface area contributed by atoms with Crippen LogP contribution in [0.1, 0.15) is 31.2 Å². The van der Waals surface area contributed by atoms with E-state index in [0.717, 1.165) is 31.9 Å². The summed E-state index contributed by atoms with van der Waals surface area (Å²) in [4.78, 5) is 5.89. The van der Waals surface area contributed by atoms with Gasteiger partial charge in [0.1, 0.15) is 11.6 Å². The third-order valence-corrected chi connectivity index (χ3v) is 3.61. The molecule has 1 fully saturated rings. The van der Waals surface area contributed by atoms with Crippen molar-refractivity contribution in [3.63, 3.8) is 0 Å². The first kappa shape index (κ1) is 13.2. The molecule has 1 heterocycles. The monoisotopic (exact) mass is 254 g/mol. The van der Waals surface area contributed by atoms with E-state index in [4.69, 9.17) is 0 Å². The van der Waals surface area contributed by atoms with Gasteiger partial charge in [0.05, 0.1) is 24.9 Å². The van der Waals surface area contributed by atoms with E-state index < -0.39 is 5.82 Å². The minimum absolute atomic E-state index is 0.0120. The molecule has 5 heteroatoms. The summed E-state index contributed by atoms with van der Waals surface area (Å²) in [5.41, 5.74) is 0.454. The smallest absolute Gasteiger partial charge is 0.142 e. The van der Waals surface area contributed by atoms with E-state index in [1.807, 2.05) is 11.9 Å². The van der Waals surface area contributed by atoms with E-state index in [1.54, 1.807) is 0 Å². The predicted molar refractivity (Wildman–Crippen MR) is 66.8 cm³/mol. The van der Waals surface area contributed by atoms with Crippen molar-refractivity contribution in [2.45, 2.75) is 44.4 Å². The van der Waals surface area contributed by atoms with Crippen molar-refractivity contribution in [3.05, 3.63) is 23.6 Å². The van der Waals surface area contributed by atoms with Crippen molar-refractivity contribution in [2.24, 2.45) is 0 Å². The van der Waals surface area contributed by atoms with Gasteiger partial charge >= 0.3 is 0 Å². The molecule has 1 aliphatic carbocycles. The maximum Gasteiger partial charge on any atom is 0.142 e. The molecule has 1 aromatic heterocycles. The first-order valence-corrected chi connectivity index (χ1v) is 6.29. The van der Waals surface area contributed by atoms with Crippen molar-refractivity contribution >= 4 is 5.82 Å². The van der Waals surface area contributed by atoms with Crippen molar-refractivity contribution < 1.29 is 14.6 Å². The Hall–Kier alpha value is -1.20. The molecule has 1 aliphatic rings. The van der Waals surface area contributed by atoms with Gasteiger partial charge in [-0.25, -0.2) is 9.37 Å². The zero-order valence-corrected chi connectivity index (χ0v) is 10.5. The quantitative estimate of drug-likeness (QED) is 0.857. The Bertz CT molecular complexity index is 414. The molecule has 1 saturated carbocycles. The van der Waals surface area contributed by atoms with Gasteiger partial charge in [0.2, 0.25) is 0 Å². The first-order valence-electron chi connectivity index (χ1n) is 6.29. The van der Waals surface area contributed by atoms with Crippen LogP contribution in [0.15, 0.2) is 12.3 Å². The van der Waals surface area contributed by atoms with Crippen LogP contribution in [0.2, 0.25) is 0 Å². The fraction of sp³-hybridized carbons (Fsp3) is 0.615. The molecule has 2 atom stereocenters. The molecule has 2 unspecified atom stereocenters. The zero-order valence-electron chi connectivity index (χ0n) is 10.5. The fourth-order valence-electron chi connectivity index (χ4n) is 2.61. The minimum atomic E-state index is -0.458. The summed E-state index contributed by atoms with van der Waals surface area (Å²) < 4.78 is 13.1. The number of aliphatic hydroxyl groups is 2. The van der Waals surface area contributed by atoms with E-state index in [2.05, 4.69) is 4.98 Å². The summed E-state index contributed by atoms with van der Waals surface area (Å²) in [5, 5.41) is 19.3. The molecule has 2 N–H and O–H groups in total. The third-order valence-electron chi connectivity index (χ3n) is 3.61. The van der Waals surface area contributed by atoms with E-state index >= 15 is 0 Å². The van der Waals surface area contributed by atoms with Gasteiger partial charge in [0.25, 0.3) is 0 Å². The predicted octanol–water partition coefficient (Wildman–Crippen LogP) is 1.45. The van der Waals surface area contributed by atoms with E-state index in [-0.39, 0.29) is 18.8 Å². The van der Waals surface area contributed by atoms with Crippen LogP contribution in [0.4, 0.5) is 10.2 Å². The molecule has 18 heavy (non-hydrogen) atoms. The number of likely N-dealkylation sites (N-methyl/N-ethyl adjacent to an activating group) is 1. The molecule has 0 aromatic carbocycles. The number of anilines is 1. The normalized spacial score (nSPS) is 24.0. The molecule has 0 spiro atoms. The summed E-state index contributed by atoms with van der Waals surface area (Å²) in [7, 11) is 1.83. The third kappa shape index (κ3) is 2.62. The van der Waals surface area contributed by atoms with Crippen LogP contribution in [-0.4, -0.2) is 34.4 Å². The van der Waals surface area contributed by atoms with Crippen LogP contribution in [0.3, 0.4) is 0 Å². The lowest BCUT2D eigenvalue weighted by atomic mass is 9.91.